The third-order valence-corrected chi connectivity index (χ3v) is 11.5. The van der Waals surface area contributed by atoms with Crippen molar-refractivity contribution in [3.05, 3.63) is 229 Å². The van der Waals surface area contributed by atoms with E-state index in [0.717, 1.165) is 80.4 Å². The lowest BCUT2D eigenvalue weighted by Crippen LogP contribution is -2.32. The van der Waals surface area contributed by atoms with Crippen LogP contribution in [0.15, 0.2) is 229 Å². The van der Waals surface area contributed by atoms with Gasteiger partial charge >= 0.3 is 0 Å². The first-order valence-electron chi connectivity index (χ1n) is 20.3. The molecule has 11 rings (SSSR count). The van der Waals surface area contributed by atoms with Gasteiger partial charge in [0.1, 0.15) is 11.6 Å². The molecule has 2 aromatic heterocycles. The molecule has 0 saturated carbocycles. The van der Waals surface area contributed by atoms with E-state index in [0.29, 0.717) is 0 Å². The molecule has 2 aliphatic carbocycles. The minimum Gasteiger partial charge on any atom is -0.374 e. The van der Waals surface area contributed by atoms with E-state index >= 15 is 0 Å². The van der Waals surface area contributed by atoms with Crippen LogP contribution in [-0.4, -0.2) is 25.1 Å². The molecule has 1 N–H and O–H groups in total. The molecule has 8 aromatic rings. The largest absolute Gasteiger partial charge is 0.374 e. The summed E-state index contributed by atoms with van der Waals surface area (Å²) < 4.78 is 4.51. The van der Waals surface area contributed by atoms with E-state index in [1.165, 1.54) is 22.5 Å². The minimum atomic E-state index is 0.213. The van der Waals surface area contributed by atoms with Gasteiger partial charge in [0.05, 0.1) is 28.1 Å². The summed E-state index contributed by atoms with van der Waals surface area (Å²) in [5.74, 6) is 1.83. The lowest BCUT2D eigenvalue weighted by atomic mass is 9.93. The molecule has 6 nitrogen and oxygen atoms in total. The van der Waals surface area contributed by atoms with Crippen LogP contribution in [0.25, 0.3) is 56.2 Å². The van der Waals surface area contributed by atoms with Crippen molar-refractivity contribution >= 4 is 33.4 Å². The Morgan fingerprint density at radius 3 is 1.59 bits per heavy atom. The number of nitrogens with one attached hydrogen (secondary N) is 1. The van der Waals surface area contributed by atoms with Crippen molar-refractivity contribution < 1.29 is 0 Å². The highest BCUT2D eigenvalue weighted by atomic mass is 15.2. The van der Waals surface area contributed by atoms with Crippen LogP contribution in [-0.2, 0) is 0 Å². The number of anilines is 2. The van der Waals surface area contributed by atoms with Crippen LogP contribution in [0, 0.1) is 0 Å². The number of hydrogen-bond donors (Lipinski definition) is 1. The second-order valence-electron chi connectivity index (χ2n) is 15.1. The highest BCUT2D eigenvalue weighted by Crippen LogP contribution is 2.39. The van der Waals surface area contributed by atoms with Crippen LogP contribution in [0.5, 0.6) is 0 Å². The molecule has 0 bridgehead atoms. The zero-order valence-electron chi connectivity index (χ0n) is 32.4. The summed E-state index contributed by atoms with van der Waals surface area (Å²) in [6.07, 6.45) is 19.5. The number of fused-ring (bicyclic) bond motifs is 3. The molecule has 1 atom stereocenters. The number of allylic oxidation sites excluding steroid dienone is 8. The SMILES string of the molecule is C1=CC2=CC=C(C3=CC=C(N(c4ccc(-c5nc6ccccc6n5-c5ccccc5)cc4)c4ccc(-c5nc6ccccc6n5-c5ccccc5)cc4)CC3)NC2C=C1. The Morgan fingerprint density at radius 2 is 1.05 bits per heavy atom. The van der Waals surface area contributed by atoms with Gasteiger partial charge in [-0.15, -0.1) is 0 Å². The number of benzene rings is 6. The van der Waals surface area contributed by atoms with Crippen molar-refractivity contribution in [1.29, 1.82) is 0 Å². The molecule has 3 heterocycles. The standard InChI is InChI=1S/C53H40N6/c1-3-14-41(15-4-1)58-50-21-11-9-19-48(50)55-52(58)39-25-32-44(33-26-39)57(43-30-23-38(24-31-43)47-36-29-37-13-7-8-18-46(37)54-47)45-34-27-40(28-35-45)53-56-49-20-10-12-22-51(49)59(53)42-16-5-2-6-17-42/h1-23,25-30,32-36,46,54H,24,31H2. The van der Waals surface area contributed by atoms with E-state index in [4.69, 9.17) is 9.97 Å². The van der Waals surface area contributed by atoms with Gasteiger partial charge in [-0.1, -0.05) is 97.1 Å². The number of hydrogen-bond acceptors (Lipinski definition) is 4. The Bertz CT molecular complexity index is 2890. The summed E-state index contributed by atoms with van der Waals surface area (Å²) in [6.45, 7) is 0. The predicted molar refractivity (Wildman–Crippen MR) is 242 cm³/mol. The fraction of sp³-hybridized carbons (Fsp3) is 0.0566. The average Bonchev–Trinajstić information content (AvgIpc) is 3.90. The average molecular weight is 761 g/mol. The maximum atomic E-state index is 5.14. The van der Waals surface area contributed by atoms with Gasteiger partial charge in [0, 0.05) is 45.3 Å². The molecule has 0 radical (unpaired) electrons. The molecule has 0 spiro atoms. The van der Waals surface area contributed by atoms with Crippen LogP contribution < -0.4 is 10.2 Å². The van der Waals surface area contributed by atoms with E-state index in [1.807, 2.05) is 0 Å². The van der Waals surface area contributed by atoms with E-state index in [9.17, 15) is 0 Å². The Hall–Kier alpha value is -7.70. The lowest BCUT2D eigenvalue weighted by molar-refractivity contribution is 0.734. The third kappa shape index (κ3) is 6.32. The summed E-state index contributed by atoms with van der Waals surface area (Å²) in [5.41, 5.74) is 15.6. The van der Waals surface area contributed by atoms with Crippen molar-refractivity contribution in [3.63, 3.8) is 0 Å². The quantitative estimate of drug-likeness (QED) is 0.168. The first kappa shape index (κ1) is 34.5. The molecule has 6 heteroatoms. The normalized spacial score (nSPS) is 15.9. The molecule has 0 fully saturated rings. The van der Waals surface area contributed by atoms with Crippen molar-refractivity contribution in [2.45, 2.75) is 18.9 Å². The van der Waals surface area contributed by atoms with Gasteiger partial charge in [-0.25, -0.2) is 9.97 Å². The monoisotopic (exact) mass is 760 g/mol. The van der Waals surface area contributed by atoms with E-state index in [1.54, 1.807) is 0 Å². The van der Waals surface area contributed by atoms with E-state index < -0.39 is 0 Å². The van der Waals surface area contributed by atoms with Crippen LogP contribution in [0.3, 0.4) is 0 Å². The first-order chi connectivity index (χ1) is 29.2. The van der Waals surface area contributed by atoms with Crippen molar-refractivity contribution in [2.75, 3.05) is 4.90 Å². The first-order valence-corrected chi connectivity index (χ1v) is 20.3. The third-order valence-electron chi connectivity index (χ3n) is 11.5. The minimum absolute atomic E-state index is 0.213. The maximum Gasteiger partial charge on any atom is 0.145 e. The Kier molecular flexibility index (Phi) is 8.59. The highest BCUT2D eigenvalue weighted by Gasteiger charge is 2.23. The van der Waals surface area contributed by atoms with Crippen LogP contribution >= 0.6 is 0 Å². The van der Waals surface area contributed by atoms with E-state index in [2.05, 4.69) is 226 Å². The zero-order valence-corrected chi connectivity index (χ0v) is 32.4. The number of aromatic nitrogens is 4. The second-order valence-corrected chi connectivity index (χ2v) is 15.1. The molecule has 59 heavy (non-hydrogen) atoms. The number of nitrogens with zero attached hydrogens (tertiary/aromatic N) is 5. The fourth-order valence-corrected chi connectivity index (χ4v) is 8.60. The fourth-order valence-electron chi connectivity index (χ4n) is 8.60. The topological polar surface area (TPSA) is 50.9 Å². The molecular formula is C53H40N6. The number of dihydropyridines is 1. The molecule has 282 valence electrons. The van der Waals surface area contributed by atoms with Gasteiger partial charge in [-0.3, -0.25) is 9.13 Å². The van der Waals surface area contributed by atoms with E-state index in [-0.39, 0.29) is 6.04 Å². The zero-order chi connectivity index (χ0) is 39.1. The van der Waals surface area contributed by atoms with Gasteiger partial charge in [0.15, 0.2) is 0 Å². The highest BCUT2D eigenvalue weighted by molar-refractivity contribution is 5.85. The van der Waals surface area contributed by atoms with Gasteiger partial charge in [0.25, 0.3) is 0 Å². The smallest absolute Gasteiger partial charge is 0.145 e. The maximum absolute atomic E-state index is 5.14. The van der Waals surface area contributed by atoms with Gasteiger partial charge in [0.2, 0.25) is 0 Å². The summed E-state index contributed by atoms with van der Waals surface area (Å²) in [6, 6.07) is 55.6. The van der Waals surface area contributed by atoms with Crippen molar-refractivity contribution in [1.82, 2.24) is 24.4 Å². The second kappa shape index (κ2) is 14.7. The molecule has 0 saturated heterocycles. The molecule has 0 amide bonds. The summed E-state index contributed by atoms with van der Waals surface area (Å²) in [7, 11) is 0. The van der Waals surface area contributed by atoms with Crippen LogP contribution in [0.4, 0.5) is 11.4 Å². The van der Waals surface area contributed by atoms with Gasteiger partial charge < -0.3 is 10.2 Å². The molecule has 1 unspecified atom stereocenters. The van der Waals surface area contributed by atoms with Crippen molar-refractivity contribution in [3.8, 4) is 34.2 Å². The predicted octanol–water partition coefficient (Wildman–Crippen LogP) is 12.3. The number of imidazole rings is 2. The number of rotatable bonds is 8. The molecular weight excluding hydrogens is 721 g/mol. The molecule has 3 aliphatic rings. The van der Waals surface area contributed by atoms with Crippen LogP contribution in [0.2, 0.25) is 0 Å². The molecule has 1 aliphatic heterocycles. The number of para-hydroxylation sites is 6. The summed E-state index contributed by atoms with van der Waals surface area (Å²) in [5, 5.41) is 3.76. The lowest BCUT2D eigenvalue weighted by Gasteiger charge is -2.32. The van der Waals surface area contributed by atoms with Gasteiger partial charge in [-0.2, -0.15) is 0 Å². The van der Waals surface area contributed by atoms with Crippen molar-refractivity contribution in [2.24, 2.45) is 0 Å². The Labute approximate surface area is 343 Å². The van der Waals surface area contributed by atoms with Crippen LogP contribution in [0.1, 0.15) is 12.8 Å². The summed E-state index contributed by atoms with van der Waals surface area (Å²) >= 11 is 0. The Morgan fingerprint density at radius 1 is 0.508 bits per heavy atom. The summed E-state index contributed by atoms with van der Waals surface area (Å²) in [4.78, 5) is 12.7. The Balaban J connectivity index is 0.990. The van der Waals surface area contributed by atoms with Gasteiger partial charge in [-0.05, 0) is 133 Å². The molecule has 6 aromatic carbocycles.